The Morgan fingerprint density at radius 2 is 1.97 bits per heavy atom. The van der Waals surface area contributed by atoms with Gasteiger partial charge in [-0.05, 0) is 66.9 Å². The van der Waals surface area contributed by atoms with E-state index in [1.807, 2.05) is 31.2 Å². The van der Waals surface area contributed by atoms with Crippen LogP contribution in [0.4, 0.5) is 4.39 Å². The molecule has 1 N–H and O–H groups in total. The molecule has 0 aliphatic rings. The molecule has 178 valence electrons. The van der Waals surface area contributed by atoms with Crippen molar-refractivity contribution in [3.8, 4) is 17.6 Å². The van der Waals surface area contributed by atoms with E-state index >= 15 is 0 Å². The van der Waals surface area contributed by atoms with Gasteiger partial charge in [0.05, 0.1) is 30.0 Å². The maximum atomic E-state index is 14.1. The van der Waals surface area contributed by atoms with Crippen molar-refractivity contribution < 1.29 is 18.7 Å². The van der Waals surface area contributed by atoms with Gasteiger partial charge >= 0.3 is 0 Å². The second kappa shape index (κ2) is 12.4. The van der Waals surface area contributed by atoms with Gasteiger partial charge in [0.2, 0.25) is 0 Å². The lowest BCUT2D eigenvalue weighted by Gasteiger charge is -2.17. The summed E-state index contributed by atoms with van der Waals surface area (Å²) >= 11 is 5.95. The molecule has 3 aromatic carbocycles. The summed E-state index contributed by atoms with van der Waals surface area (Å²) in [6, 6.07) is 16.4. The van der Waals surface area contributed by atoms with Crippen molar-refractivity contribution >= 4 is 23.7 Å². The lowest BCUT2D eigenvalue weighted by atomic mass is 10.1. The second-order valence-electron chi connectivity index (χ2n) is 7.35. The number of benzene rings is 3. The number of ether oxygens (including phenoxy) is 2. The molecule has 1 amide bonds. The molecule has 0 aromatic heterocycles. The number of hydrazone groups is 1. The molecule has 0 saturated carbocycles. The molecular weight excluding hydrogens is 469 g/mol. The molecule has 0 atom stereocenters. The maximum Gasteiger partial charge on any atom is 0.274 e. The Balaban J connectivity index is 1.80. The number of amides is 1. The summed E-state index contributed by atoms with van der Waals surface area (Å²) in [6.07, 6.45) is 3.69. The third-order valence-corrected chi connectivity index (χ3v) is 5.09. The SMILES string of the molecule is C=CCc1cc(/C=N\NC(=O)c2ccc(C#N)cc2F)cc(OCC)c1OCc1ccc(Cl)cc1. The van der Waals surface area contributed by atoms with Gasteiger partial charge in [-0.1, -0.05) is 29.8 Å². The highest BCUT2D eigenvalue weighted by Crippen LogP contribution is 2.34. The first kappa shape index (κ1) is 25.5. The van der Waals surface area contributed by atoms with Crippen LogP contribution in [-0.4, -0.2) is 18.7 Å². The molecule has 3 aromatic rings. The van der Waals surface area contributed by atoms with Crippen molar-refractivity contribution in [2.24, 2.45) is 5.10 Å². The van der Waals surface area contributed by atoms with Gasteiger partial charge < -0.3 is 9.47 Å². The van der Waals surface area contributed by atoms with Crippen molar-refractivity contribution in [1.29, 1.82) is 5.26 Å². The topological polar surface area (TPSA) is 83.7 Å². The normalized spacial score (nSPS) is 10.6. The third-order valence-electron chi connectivity index (χ3n) is 4.84. The van der Waals surface area contributed by atoms with Crippen molar-refractivity contribution in [2.75, 3.05) is 6.61 Å². The summed E-state index contributed by atoms with van der Waals surface area (Å²) < 4.78 is 26.0. The molecule has 0 aliphatic carbocycles. The van der Waals surface area contributed by atoms with Crippen LogP contribution >= 0.6 is 11.6 Å². The number of halogens is 2. The zero-order chi connectivity index (χ0) is 25.2. The van der Waals surface area contributed by atoms with Crippen LogP contribution < -0.4 is 14.9 Å². The highest BCUT2D eigenvalue weighted by molar-refractivity contribution is 6.30. The summed E-state index contributed by atoms with van der Waals surface area (Å²) in [6.45, 7) is 6.41. The van der Waals surface area contributed by atoms with E-state index in [0.717, 1.165) is 17.2 Å². The molecule has 0 bridgehead atoms. The first-order chi connectivity index (χ1) is 16.9. The van der Waals surface area contributed by atoms with Gasteiger partial charge in [-0.25, -0.2) is 9.82 Å². The molecule has 0 aliphatic heterocycles. The molecule has 0 spiro atoms. The first-order valence-electron chi connectivity index (χ1n) is 10.8. The van der Waals surface area contributed by atoms with Gasteiger partial charge in [0, 0.05) is 10.6 Å². The molecule has 0 unspecified atom stereocenters. The lowest BCUT2D eigenvalue weighted by molar-refractivity contribution is 0.0951. The monoisotopic (exact) mass is 491 g/mol. The molecule has 35 heavy (non-hydrogen) atoms. The largest absolute Gasteiger partial charge is 0.490 e. The van der Waals surface area contributed by atoms with Crippen molar-refractivity contribution in [2.45, 2.75) is 20.0 Å². The fraction of sp³-hybridized carbons (Fsp3) is 0.148. The van der Waals surface area contributed by atoms with E-state index in [1.165, 1.54) is 18.3 Å². The Labute approximate surface area is 208 Å². The Morgan fingerprint density at radius 3 is 2.63 bits per heavy atom. The predicted octanol–water partition coefficient (Wildman–Crippen LogP) is 5.82. The van der Waals surface area contributed by atoms with Crippen LogP contribution in [0.2, 0.25) is 5.02 Å². The average Bonchev–Trinajstić information content (AvgIpc) is 2.84. The van der Waals surface area contributed by atoms with E-state index in [0.29, 0.717) is 41.7 Å². The maximum absolute atomic E-state index is 14.1. The Bertz CT molecular complexity index is 1280. The number of nitriles is 1. The van der Waals surface area contributed by atoms with Crippen LogP contribution in [0.25, 0.3) is 0 Å². The molecule has 6 nitrogen and oxygen atoms in total. The summed E-state index contributed by atoms with van der Waals surface area (Å²) in [4.78, 5) is 12.3. The van der Waals surface area contributed by atoms with Crippen molar-refractivity contribution in [3.05, 3.63) is 106 Å². The van der Waals surface area contributed by atoms with E-state index < -0.39 is 11.7 Å². The van der Waals surface area contributed by atoms with Gasteiger partial charge in [0.15, 0.2) is 11.5 Å². The fourth-order valence-electron chi connectivity index (χ4n) is 3.22. The van der Waals surface area contributed by atoms with E-state index in [9.17, 15) is 9.18 Å². The number of carbonyl (C=O) groups is 1. The van der Waals surface area contributed by atoms with Crippen LogP contribution in [0.3, 0.4) is 0 Å². The number of nitrogens with zero attached hydrogens (tertiary/aromatic N) is 2. The van der Waals surface area contributed by atoms with E-state index in [2.05, 4.69) is 17.1 Å². The molecular formula is C27H23ClFN3O3. The minimum Gasteiger partial charge on any atom is -0.490 e. The molecule has 0 fully saturated rings. The van der Waals surface area contributed by atoms with Crippen LogP contribution in [0.5, 0.6) is 11.5 Å². The highest BCUT2D eigenvalue weighted by atomic mass is 35.5. The van der Waals surface area contributed by atoms with E-state index in [1.54, 1.807) is 24.3 Å². The van der Waals surface area contributed by atoms with Gasteiger partial charge in [-0.15, -0.1) is 6.58 Å². The zero-order valence-electron chi connectivity index (χ0n) is 19.1. The quantitative estimate of drug-likeness (QED) is 0.220. The van der Waals surface area contributed by atoms with Gasteiger partial charge in [0.1, 0.15) is 12.4 Å². The van der Waals surface area contributed by atoms with E-state index in [-0.39, 0.29) is 11.1 Å². The predicted molar refractivity (Wildman–Crippen MR) is 133 cm³/mol. The van der Waals surface area contributed by atoms with Gasteiger partial charge in [0.25, 0.3) is 5.91 Å². The van der Waals surface area contributed by atoms with Gasteiger partial charge in [-0.3, -0.25) is 4.79 Å². The number of allylic oxidation sites excluding steroid dienone is 1. The Kier molecular flexibility index (Phi) is 8.99. The summed E-state index contributed by atoms with van der Waals surface area (Å²) in [7, 11) is 0. The summed E-state index contributed by atoms with van der Waals surface area (Å²) in [5.41, 5.74) is 4.63. The Morgan fingerprint density at radius 1 is 1.20 bits per heavy atom. The molecule has 0 saturated heterocycles. The molecule has 0 radical (unpaired) electrons. The zero-order valence-corrected chi connectivity index (χ0v) is 19.8. The van der Waals surface area contributed by atoms with Crippen molar-refractivity contribution in [3.63, 3.8) is 0 Å². The average molecular weight is 492 g/mol. The smallest absolute Gasteiger partial charge is 0.274 e. The first-order valence-corrected chi connectivity index (χ1v) is 11.1. The van der Waals surface area contributed by atoms with Crippen LogP contribution in [-0.2, 0) is 13.0 Å². The van der Waals surface area contributed by atoms with Crippen molar-refractivity contribution in [1.82, 2.24) is 5.43 Å². The van der Waals surface area contributed by atoms with Crippen LogP contribution in [0, 0.1) is 17.1 Å². The fourth-order valence-corrected chi connectivity index (χ4v) is 3.35. The minimum atomic E-state index is -0.800. The molecule has 0 heterocycles. The Hall–Kier alpha value is -4.15. The number of hydrogen-bond donors (Lipinski definition) is 1. The minimum absolute atomic E-state index is 0.124. The third kappa shape index (κ3) is 6.92. The summed E-state index contributed by atoms with van der Waals surface area (Å²) in [5.74, 6) is -0.428. The summed E-state index contributed by atoms with van der Waals surface area (Å²) in [5, 5.41) is 13.4. The standard InChI is InChI=1S/C27H23ClFN3O3/c1-3-5-21-12-20(16-31-32-27(33)23-11-8-19(15-30)13-24(23)29)14-25(34-4-2)26(21)35-17-18-6-9-22(28)10-7-18/h3,6-14,16H,1,4-5,17H2,2H3,(H,32,33)/b31-16-. The lowest BCUT2D eigenvalue weighted by Crippen LogP contribution is -2.19. The van der Waals surface area contributed by atoms with Crippen LogP contribution in [0.15, 0.2) is 72.4 Å². The highest BCUT2D eigenvalue weighted by Gasteiger charge is 2.14. The van der Waals surface area contributed by atoms with Gasteiger partial charge in [-0.2, -0.15) is 10.4 Å². The number of carbonyl (C=O) groups excluding carboxylic acids is 1. The van der Waals surface area contributed by atoms with E-state index in [4.69, 9.17) is 26.3 Å². The second-order valence-corrected chi connectivity index (χ2v) is 7.79. The molecule has 8 heteroatoms. The number of hydrogen-bond acceptors (Lipinski definition) is 5. The van der Waals surface area contributed by atoms with Crippen LogP contribution in [0.1, 0.15) is 39.5 Å². The number of rotatable bonds is 10. The number of nitrogens with one attached hydrogen (secondary N) is 1. The molecule has 3 rings (SSSR count).